The first kappa shape index (κ1) is 13.6. The fraction of sp³-hybridized carbons (Fsp3) is 0.0500. The number of methoxy groups -OCH3 is 1. The highest BCUT2D eigenvalue weighted by Crippen LogP contribution is 2.29. The van der Waals surface area contributed by atoms with Gasteiger partial charge in [0, 0.05) is 10.9 Å². The smallest absolute Gasteiger partial charge is 0.119 e. The third-order valence-corrected chi connectivity index (χ3v) is 3.95. The molecule has 0 spiro atoms. The lowest BCUT2D eigenvalue weighted by molar-refractivity contribution is 0.414. The van der Waals surface area contributed by atoms with Gasteiger partial charge in [-0.25, -0.2) is 4.68 Å². The minimum atomic E-state index is 0.841. The molecule has 23 heavy (non-hydrogen) atoms. The molecule has 0 aliphatic rings. The average molecular weight is 300 g/mol. The molecule has 4 aromatic rings. The third kappa shape index (κ3) is 2.36. The summed E-state index contributed by atoms with van der Waals surface area (Å²) in [5.74, 6) is 0.841. The van der Waals surface area contributed by atoms with Crippen molar-refractivity contribution in [3.63, 3.8) is 0 Å². The molecule has 0 N–H and O–H groups in total. The zero-order valence-corrected chi connectivity index (χ0v) is 12.8. The van der Waals surface area contributed by atoms with Crippen molar-refractivity contribution in [1.29, 1.82) is 0 Å². The molecule has 0 aliphatic heterocycles. The number of benzene rings is 3. The van der Waals surface area contributed by atoms with E-state index in [-0.39, 0.29) is 0 Å². The molecule has 0 atom stereocenters. The van der Waals surface area contributed by atoms with Gasteiger partial charge in [0.15, 0.2) is 0 Å². The summed E-state index contributed by atoms with van der Waals surface area (Å²) in [6.45, 7) is 0. The van der Waals surface area contributed by atoms with Gasteiger partial charge in [-0.3, -0.25) is 0 Å². The Morgan fingerprint density at radius 1 is 0.783 bits per heavy atom. The summed E-state index contributed by atoms with van der Waals surface area (Å²) in [5, 5.41) is 6.01. The molecule has 1 heterocycles. The normalized spacial score (nSPS) is 10.8. The van der Waals surface area contributed by atoms with Crippen LogP contribution in [0, 0.1) is 0 Å². The first-order chi connectivity index (χ1) is 11.4. The van der Waals surface area contributed by atoms with Gasteiger partial charge in [0.05, 0.1) is 18.3 Å². The van der Waals surface area contributed by atoms with E-state index in [0.717, 1.165) is 33.6 Å². The van der Waals surface area contributed by atoms with Gasteiger partial charge in [0.25, 0.3) is 0 Å². The second kappa shape index (κ2) is 5.61. The third-order valence-electron chi connectivity index (χ3n) is 3.95. The number of aromatic nitrogens is 2. The van der Waals surface area contributed by atoms with E-state index in [4.69, 9.17) is 9.84 Å². The van der Waals surface area contributed by atoms with E-state index in [1.54, 1.807) is 7.11 Å². The maximum Gasteiger partial charge on any atom is 0.119 e. The van der Waals surface area contributed by atoms with Crippen molar-refractivity contribution >= 4 is 10.9 Å². The van der Waals surface area contributed by atoms with E-state index < -0.39 is 0 Å². The maximum absolute atomic E-state index is 5.24. The first-order valence-corrected chi connectivity index (χ1v) is 7.54. The van der Waals surface area contributed by atoms with Gasteiger partial charge in [-0.15, -0.1) is 0 Å². The first-order valence-electron chi connectivity index (χ1n) is 7.54. The van der Waals surface area contributed by atoms with Gasteiger partial charge < -0.3 is 4.74 Å². The van der Waals surface area contributed by atoms with Crippen LogP contribution < -0.4 is 4.74 Å². The molecular weight excluding hydrogens is 284 g/mol. The number of rotatable bonds is 3. The van der Waals surface area contributed by atoms with Crippen LogP contribution in [0.5, 0.6) is 5.75 Å². The van der Waals surface area contributed by atoms with Gasteiger partial charge in [-0.2, -0.15) is 5.10 Å². The Kier molecular flexibility index (Phi) is 3.31. The highest BCUT2D eigenvalue weighted by molar-refractivity contribution is 5.94. The van der Waals surface area contributed by atoms with Crippen LogP contribution in [0.1, 0.15) is 0 Å². The zero-order chi connectivity index (χ0) is 15.6. The maximum atomic E-state index is 5.24. The molecule has 3 nitrogen and oxygen atoms in total. The average Bonchev–Trinajstić information content (AvgIpc) is 3.02. The predicted octanol–water partition coefficient (Wildman–Crippen LogP) is 4.70. The minimum absolute atomic E-state index is 0.841. The van der Waals surface area contributed by atoms with E-state index in [0.29, 0.717) is 0 Å². The molecule has 0 unspecified atom stereocenters. The molecule has 1 aromatic heterocycles. The molecule has 0 aliphatic carbocycles. The van der Waals surface area contributed by atoms with E-state index in [1.165, 1.54) is 0 Å². The van der Waals surface area contributed by atoms with Gasteiger partial charge in [-0.1, -0.05) is 48.5 Å². The lowest BCUT2D eigenvalue weighted by Gasteiger charge is -2.05. The molecule has 0 saturated carbocycles. The Bertz CT molecular complexity index is 940. The molecule has 4 rings (SSSR count). The lowest BCUT2D eigenvalue weighted by atomic mass is 10.1. The minimum Gasteiger partial charge on any atom is -0.497 e. The Morgan fingerprint density at radius 2 is 1.48 bits per heavy atom. The predicted molar refractivity (Wildman–Crippen MR) is 93.1 cm³/mol. The van der Waals surface area contributed by atoms with Gasteiger partial charge in [-0.05, 0) is 30.3 Å². The molecule has 3 aromatic carbocycles. The van der Waals surface area contributed by atoms with Crippen LogP contribution in [-0.4, -0.2) is 16.9 Å². The van der Waals surface area contributed by atoms with E-state index in [9.17, 15) is 0 Å². The second-order valence-electron chi connectivity index (χ2n) is 5.34. The molecule has 0 saturated heterocycles. The number of fused-ring (bicyclic) bond motifs is 1. The van der Waals surface area contributed by atoms with Crippen molar-refractivity contribution in [2.45, 2.75) is 0 Å². The van der Waals surface area contributed by atoms with E-state index in [2.05, 4.69) is 30.3 Å². The van der Waals surface area contributed by atoms with Crippen molar-refractivity contribution in [3.8, 4) is 22.7 Å². The molecule has 3 heteroatoms. The van der Waals surface area contributed by atoms with Crippen molar-refractivity contribution in [2.75, 3.05) is 7.11 Å². The molecular formula is C20H16N2O. The van der Waals surface area contributed by atoms with Crippen LogP contribution in [0.15, 0.2) is 78.9 Å². The van der Waals surface area contributed by atoms with Crippen LogP contribution in [0.3, 0.4) is 0 Å². The summed E-state index contributed by atoms with van der Waals surface area (Å²) in [7, 11) is 1.67. The highest BCUT2D eigenvalue weighted by atomic mass is 16.5. The Balaban J connectivity index is 1.93. The van der Waals surface area contributed by atoms with Crippen LogP contribution in [0.25, 0.3) is 27.8 Å². The zero-order valence-electron chi connectivity index (χ0n) is 12.8. The van der Waals surface area contributed by atoms with E-state index >= 15 is 0 Å². The molecule has 0 fully saturated rings. The SMILES string of the molecule is COc1ccc(-n2nc(-c3ccccc3)c3ccccc32)cc1. The van der Waals surface area contributed by atoms with Crippen LogP contribution in [-0.2, 0) is 0 Å². The number of ether oxygens (including phenoxy) is 1. The number of hydrogen-bond acceptors (Lipinski definition) is 2. The molecule has 0 amide bonds. The summed E-state index contributed by atoms with van der Waals surface area (Å²) < 4.78 is 7.22. The largest absolute Gasteiger partial charge is 0.497 e. The van der Waals surface area contributed by atoms with Gasteiger partial charge >= 0.3 is 0 Å². The van der Waals surface area contributed by atoms with Gasteiger partial charge in [0.1, 0.15) is 11.4 Å². The van der Waals surface area contributed by atoms with Crippen LogP contribution in [0.4, 0.5) is 0 Å². The summed E-state index contributed by atoms with van der Waals surface area (Å²) in [4.78, 5) is 0. The standard InChI is InChI=1S/C20H16N2O/c1-23-17-13-11-16(12-14-17)22-19-10-6-5-9-18(19)20(21-22)15-7-3-2-4-8-15/h2-14H,1H3. The second-order valence-corrected chi connectivity index (χ2v) is 5.34. The van der Waals surface area contributed by atoms with Crippen LogP contribution >= 0.6 is 0 Å². The summed E-state index contributed by atoms with van der Waals surface area (Å²) >= 11 is 0. The fourth-order valence-corrected chi connectivity index (χ4v) is 2.80. The Hall–Kier alpha value is -3.07. The summed E-state index contributed by atoms with van der Waals surface area (Å²) in [6.07, 6.45) is 0. The van der Waals surface area contributed by atoms with Crippen molar-refractivity contribution in [3.05, 3.63) is 78.9 Å². The number of nitrogens with zero attached hydrogens (tertiary/aromatic N) is 2. The monoisotopic (exact) mass is 300 g/mol. The van der Waals surface area contributed by atoms with Crippen molar-refractivity contribution in [2.24, 2.45) is 0 Å². The van der Waals surface area contributed by atoms with Crippen LogP contribution in [0.2, 0.25) is 0 Å². The fourth-order valence-electron chi connectivity index (χ4n) is 2.80. The van der Waals surface area contributed by atoms with E-state index in [1.807, 2.05) is 53.2 Å². The summed E-state index contributed by atoms with van der Waals surface area (Å²) in [5.41, 5.74) is 4.23. The molecule has 0 bridgehead atoms. The Morgan fingerprint density at radius 3 is 2.22 bits per heavy atom. The number of para-hydroxylation sites is 1. The quantitative estimate of drug-likeness (QED) is 0.548. The van der Waals surface area contributed by atoms with Crippen molar-refractivity contribution in [1.82, 2.24) is 9.78 Å². The summed E-state index contributed by atoms with van der Waals surface area (Å²) in [6, 6.07) is 26.5. The highest BCUT2D eigenvalue weighted by Gasteiger charge is 2.12. The number of hydrogen-bond donors (Lipinski definition) is 0. The van der Waals surface area contributed by atoms with Gasteiger partial charge in [0.2, 0.25) is 0 Å². The molecule has 0 radical (unpaired) electrons. The molecule has 112 valence electrons. The lowest BCUT2D eigenvalue weighted by Crippen LogP contribution is -1.96. The Labute approximate surface area is 134 Å². The topological polar surface area (TPSA) is 27.1 Å². The van der Waals surface area contributed by atoms with Crippen molar-refractivity contribution < 1.29 is 4.74 Å².